The van der Waals surface area contributed by atoms with E-state index in [9.17, 15) is 5.26 Å². The molecule has 1 saturated carbocycles. The molecule has 1 fully saturated rings. The second-order valence-corrected chi connectivity index (χ2v) is 5.00. The van der Waals surface area contributed by atoms with Crippen molar-refractivity contribution in [3.05, 3.63) is 23.3 Å². The van der Waals surface area contributed by atoms with Gasteiger partial charge in [-0.05, 0) is 31.1 Å². The van der Waals surface area contributed by atoms with Gasteiger partial charge in [0.25, 0.3) is 0 Å². The van der Waals surface area contributed by atoms with E-state index in [0.717, 1.165) is 30.4 Å². The summed E-state index contributed by atoms with van der Waals surface area (Å²) in [6, 6.07) is 4.62. The molecule has 0 spiro atoms. The molecule has 0 aromatic carbocycles. The number of rotatable bonds is 0. The average molecular weight is 196 g/mol. The van der Waals surface area contributed by atoms with Crippen LogP contribution in [0.4, 0.5) is 0 Å². The lowest BCUT2D eigenvalue weighted by Gasteiger charge is -2.34. The summed E-state index contributed by atoms with van der Waals surface area (Å²) in [5.41, 5.74) is 1.98. The summed E-state index contributed by atoms with van der Waals surface area (Å²) in [7, 11) is 0. The summed E-state index contributed by atoms with van der Waals surface area (Å²) in [5.74, 6) is 0. The lowest BCUT2D eigenvalue weighted by Crippen LogP contribution is -2.29. The SMILES string of the molecule is N#CC1=C[C@@]23CCC[C@@]2(CC=C3C#N)C1. The highest BCUT2D eigenvalue weighted by molar-refractivity contribution is 5.50. The van der Waals surface area contributed by atoms with Crippen LogP contribution in [0.15, 0.2) is 23.3 Å². The summed E-state index contributed by atoms with van der Waals surface area (Å²) in [4.78, 5) is 0. The molecule has 0 unspecified atom stereocenters. The first-order valence-corrected chi connectivity index (χ1v) is 5.49. The molecule has 3 aliphatic rings. The van der Waals surface area contributed by atoms with E-state index in [0.29, 0.717) is 0 Å². The smallest absolute Gasteiger partial charge is 0.0953 e. The standard InChI is InChI=1S/C13H12N2/c14-8-10-6-12-3-1-4-13(12,7-10)11(9-15)2-5-12/h2,7H,1,3-6H2/t12-,13-/m1/s1. The molecule has 0 bridgehead atoms. The van der Waals surface area contributed by atoms with Crippen molar-refractivity contribution in [1.82, 2.24) is 0 Å². The zero-order chi connectivity index (χ0) is 10.5. The molecule has 0 heterocycles. The van der Waals surface area contributed by atoms with Gasteiger partial charge in [0.1, 0.15) is 0 Å². The molecule has 2 heteroatoms. The van der Waals surface area contributed by atoms with Crippen molar-refractivity contribution in [2.24, 2.45) is 10.8 Å². The Labute approximate surface area is 89.5 Å². The van der Waals surface area contributed by atoms with Crippen LogP contribution in [0.1, 0.15) is 32.1 Å². The molecule has 0 radical (unpaired) electrons. The number of nitriles is 2. The minimum atomic E-state index is -0.0488. The highest BCUT2D eigenvalue weighted by atomic mass is 14.6. The molecule has 74 valence electrons. The number of nitrogens with zero attached hydrogens (tertiary/aromatic N) is 2. The highest BCUT2D eigenvalue weighted by Gasteiger charge is 2.61. The summed E-state index contributed by atoms with van der Waals surface area (Å²) in [5, 5.41) is 18.2. The lowest BCUT2D eigenvalue weighted by molar-refractivity contribution is 0.209. The first-order chi connectivity index (χ1) is 7.26. The van der Waals surface area contributed by atoms with Crippen LogP contribution in [-0.4, -0.2) is 0 Å². The van der Waals surface area contributed by atoms with Crippen LogP contribution in [0.3, 0.4) is 0 Å². The van der Waals surface area contributed by atoms with Crippen molar-refractivity contribution >= 4 is 0 Å². The molecule has 3 rings (SSSR count). The minimum absolute atomic E-state index is 0.0488. The topological polar surface area (TPSA) is 47.6 Å². The van der Waals surface area contributed by atoms with Crippen LogP contribution in [0.25, 0.3) is 0 Å². The van der Waals surface area contributed by atoms with Gasteiger partial charge in [-0.3, -0.25) is 0 Å². The first kappa shape index (κ1) is 8.74. The monoisotopic (exact) mass is 196 g/mol. The van der Waals surface area contributed by atoms with Crippen LogP contribution < -0.4 is 0 Å². The van der Waals surface area contributed by atoms with E-state index in [1.165, 1.54) is 12.8 Å². The molecule has 0 amide bonds. The molecule has 0 N–H and O–H groups in total. The third kappa shape index (κ3) is 0.793. The molecule has 2 atom stereocenters. The highest BCUT2D eigenvalue weighted by Crippen LogP contribution is 2.69. The van der Waals surface area contributed by atoms with Crippen molar-refractivity contribution in [1.29, 1.82) is 10.5 Å². The predicted octanol–water partition coefficient (Wildman–Crippen LogP) is 2.85. The minimum Gasteiger partial charge on any atom is -0.193 e. The average Bonchev–Trinajstić information content (AvgIpc) is 2.76. The second kappa shape index (κ2) is 2.52. The molecular weight excluding hydrogens is 184 g/mol. The fourth-order valence-electron chi connectivity index (χ4n) is 3.93. The summed E-state index contributed by atoms with van der Waals surface area (Å²) in [6.45, 7) is 0. The van der Waals surface area contributed by atoms with E-state index in [4.69, 9.17) is 5.26 Å². The Bertz CT molecular complexity index is 472. The molecule has 0 aliphatic heterocycles. The van der Waals surface area contributed by atoms with Crippen molar-refractivity contribution in [2.75, 3.05) is 0 Å². The number of allylic oxidation sites excluding steroid dienone is 4. The molecule has 0 aromatic rings. The van der Waals surface area contributed by atoms with E-state index >= 15 is 0 Å². The molecule has 2 nitrogen and oxygen atoms in total. The Hall–Kier alpha value is -1.54. The largest absolute Gasteiger partial charge is 0.193 e. The van der Waals surface area contributed by atoms with E-state index < -0.39 is 0 Å². The zero-order valence-corrected chi connectivity index (χ0v) is 8.58. The van der Waals surface area contributed by atoms with Gasteiger partial charge in [0, 0.05) is 16.6 Å². The maximum absolute atomic E-state index is 9.18. The van der Waals surface area contributed by atoms with Crippen LogP contribution in [0.2, 0.25) is 0 Å². The molecule has 0 saturated heterocycles. The van der Waals surface area contributed by atoms with Crippen molar-refractivity contribution in [2.45, 2.75) is 32.1 Å². The maximum atomic E-state index is 9.18. The maximum Gasteiger partial charge on any atom is 0.0953 e. The summed E-state index contributed by atoms with van der Waals surface area (Å²) in [6.07, 6.45) is 9.54. The van der Waals surface area contributed by atoms with Gasteiger partial charge in [0.15, 0.2) is 0 Å². The Balaban J connectivity index is 2.18. The summed E-state index contributed by atoms with van der Waals surface area (Å²) >= 11 is 0. The molecule has 0 aromatic heterocycles. The second-order valence-electron chi connectivity index (χ2n) is 5.00. The van der Waals surface area contributed by atoms with Crippen molar-refractivity contribution in [3.8, 4) is 12.1 Å². The Morgan fingerprint density at radius 1 is 1.20 bits per heavy atom. The zero-order valence-electron chi connectivity index (χ0n) is 8.58. The molecule has 3 aliphatic carbocycles. The Morgan fingerprint density at radius 2 is 2.07 bits per heavy atom. The fourth-order valence-corrected chi connectivity index (χ4v) is 3.93. The van der Waals surface area contributed by atoms with Crippen LogP contribution >= 0.6 is 0 Å². The van der Waals surface area contributed by atoms with E-state index in [-0.39, 0.29) is 10.8 Å². The normalized spacial score (nSPS) is 41.2. The Morgan fingerprint density at radius 3 is 2.80 bits per heavy atom. The van der Waals surface area contributed by atoms with Gasteiger partial charge in [-0.1, -0.05) is 18.6 Å². The molecule has 15 heavy (non-hydrogen) atoms. The number of hydrogen-bond donors (Lipinski definition) is 0. The lowest BCUT2D eigenvalue weighted by atomic mass is 9.67. The summed E-state index contributed by atoms with van der Waals surface area (Å²) < 4.78 is 0. The predicted molar refractivity (Wildman–Crippen MR) is 55.3 cm³/mol. The fraction of sp³-hybridized carbons (Fsp3) is 0.538. The van der Waals surface area contributed by atoms with E-state index in [1.54, 1.807) is 0 Å². The van der Waals surface area contributed by atoms with Gasteiger partial charge in [-0.25, -0.2) is 0 Å². The van der Waals surface area contributed by atoms with Gasteiger partial charge in [0.2, 0.25) is 0 Å². The quantitative estimate of drug-likeness (QED) is 0.598. The third-order valence-electron chi connectivity index (χ3n) is 4.56. The number of hydrogen-bond acceptors (Lipinski definition) is 2. The molecular formula is C13H12N2. The van der Waals surface area contributed by atoms with Crippen LogP contribution in [0.5, 0.6) is 0 Å². The van der Waals surface area contributed by atoms with Crippen molar-refractivity contribution in [3.63, 3.8) is 0 Å². The van der Waals surface area contributed by atoms with Gasteiger partial charge in [0.05, 0.1) is 12.1 Å². The first-order valence-electron chi connectivity index (χ1n) is 5.49. The van der Waals surface area contributed by atoms with E-state index in [1.807, 2.05) is 0 Å². The van der Waals surface area contributed by atoms with Gasteiger partial charge in [-0.2, -0.15) is 10.5 Å². The van der Waals surface area contributed by atoms with Crippen LogP contribution in [0, 0.1) is 33.5 Å². The van der Waals surface area contributed by atoms with Crippen LogP contribution in [-0.2, 0) is 0 Å². The third-order valence-corrected chi connectivity index (χ3v) is 4.56. The Kier molecular flexibility index (Phi) is 1.47. The van der Waals surface area contributed by atoms with E-state index in [2.05, 4.69) is 24.3 Å². The van der Waals surface area contributed by atoms with Gasteiger partial charge in [-0.15, -0.1) is 0 Å². The van der Waals surface area contributed by atoms with Crippen molar-refractivity contribution < 1.29 is 0 Å². The van der Waals surface area contributed by atoms with Gasteiger partial charge < -0.3 is 0 Å². The van der Waals surface area contributed by atoms with Gasteiger partial charge >= 0.3 is 0 Å².